The second-order valence-electron chi connectivity index (χ2n) is 5.77. The molecule has 0 saturated heterocycles. The van der Waals surface area contributed by atoms with Crippen molar-refractivity contribution >= 4 is 17.3 Å². The number of unbranched alkanes of at least 4 members (excludes halogenated alkanes) is 2. The minimum absolute atomic E-state index is 0.184. The zero-order chi connectivity index (χ0) is 16.7. The molecule has 0 unspecified atom stereocenters. The predicted molar refractivity (Wildman–Crippen MR) is 96.1 cm³/mol. The van der Waals surface area contributed by atoms with Crippen molar-refractivity contribution in [2.75, 3.05) is 17.2 Å². The Balaban J connectivity index is 1.96. The number of hydrogen-bond donors (Lipinski definition) is 2. The standard InChI is InChI=1S/C19H25N3O/c1-4-5-6-12-20-16-10-11-18(21-13-16)19(23)22-17-9-7-8-14(2)15(17)3/h7-11,13,20H,4-6,12H2,1-3H3,(H,22,23). The van der Waals surface area contributed by atoms with E-state index in [-0.39, 0.29) is 5.91 Å². The first kappa shape index (κ1) is 17.0. The van der Waals surface area contributed by atoms with Crippen LogP contribution in [0.25, 0.3) is 0 Å². The number of carbonyl (C=O) groups excluding carboxylic acids is 1. The van der Waals surface area contributed by atoms with E-state index in [1.165, 1.54) is 12.8 Å². The van der Waals surface area contributed by atoms with E-state index in [1.54, 1.807) is 12.3 Å². The summed E-state index contributed by atoms with van der Waals surface area (Å²) >= 11 is 0. The number of benzene rings is 1. The SMILES string of the molecule is CCCCCNc1ccc(C(=O)Nc2cccc(C)c2C)nc1. The van der Waals surface area contributed by atoms with Gasteiger partial charge in [-0.15, -0.1) is 0 Å². The Morgan fingerprint density at radius 2 is 1.96 bits per heavy atom. The summed E-state index contributed by atoms with van der Waals surface area (Å²) < 4.78 is 0. The first-order chi connectivity index (χ1) is 11.1. The minimum Gasteiger partial charge on any atom is -0.384 e. The highest BCUT2D eigenvalue weighted by Crippen LogP contribution is 2.18. The predicted octanol–water partition coefficient (Wildman–Crippen LogP) is 4.55. The van der Waals surface area contributed by atoms with Crippen molar-refractivity contribution in [3.05, 3.63) is 53.3 Å². The first-order valence-corrected chi connectivity index (χ1v) is 8.19. The number of rotatable bonds is 7. The van der Waals surface area contributed by atoms with Crippen molar-refractivity contribution in [3.8, 4) is 0 Å². The molecule has 1 amide bonds. The third-order valence-electron chi connectivity index (χ3n) is 3.96. The summed E-state index contributed by atoms with van der Waals surface area (Å²) in [6.45, 7) is 7.15. The van der Waals surface area contributed by atoms with Crippen LogP contribution in [0.2, 0.25) is 0 Å². The Labute approximate surface area is 138 Å². The molecule has 4 nitrogen and oxygen atoms in total. The zero-order valence-electron chi connectivity index (χ0n) is 14.1. The maximum atomic E-state index is 12.3. The summed E-state index contributed by atoms with van der Waals surface area (Å²) in [7, 11) is 0. The van der Waals surface area contributed by atoms with Gasteiger partial charge in [0.2, 0.25) is 0 Å². The fourth-order valence-electron chi connectivity index (χ4n) is 2.31. The summed E-state index contributed by atoms with van der Waals surface area (Å²) in [5.74, 6) is -0.184. The number of nitrogens with zero attached hydrogens (tertiary/aromatic N) is 1. The van der Waals surface area contributed by atoms with Gasteiger partial charge in [0.05, 0.1) is 11.9 Å². The Morgan fingerprint density at radius 1 is 1.13 bits per heavy atom. The molecular weight excluding hydrogens is 286 g/mol. The van der Waals surface area contributed by atoms with Crippen LogP contribution in [0.3, 0.4) is 0 Å². The van der Waals surface area contributed by atoms with Crippen molar-refractivity contribution in [3.63, 3.8) is 0 Å². The molecule has 0 bridgehead atoms. The largest absolute Gasteiger partial charge is 0.384 e. The number of aromatic nitrogens is 1. The van der Waals surface area contributed by atoms with Crippen LogP contribution in [0.5, 0.6) is 0 Å². The van der Waals surface area contributed by atoms with E-state index in [0.717, 1.165) is 35.5 Å². The van der Waals surface area contributed by atoms with Crippen molar-refractivity contribution < 1.29 is 4.79 Å². The van der Waals surface area contributed by atoms with E-state index in [2.05, 4.69) is 22.5 Å². The molecule has 0 saturated carbocycles. The molecule has 23 heavy (non-hydrogen) atoms. The molecule has 2 aromatic rings. The summed E-state index contributed by atoms with van der Waals surface area (Å²) in [4.78, 5) is 16.5. The van der Waals surface area contributed by atoms with E-state index < -0.39 is 0 Å². The molecule has 0 aliphatic heterocycles. The molecular formula is C19H25N3O. The Kier molecular flexibility index (Phi) is 6.15. The van der Waals surface area contributed by atoms with E-state index in [9.17, 15) is 4.79 Å². The lowest BCUT2D eigenvalue weighted by molar-refractivity contribution is 0.102. The molecule has 0 radical (unpaired) electrons. The quantitative estimate of drug-likeness (QED) is 0.737. The topological polar surface area (TPSA) is 54.0 Å². The summed E-state index contributed by atoms with van der Waals surface area (Å²) in [6.07, 6.45) is 5.28. The number of hydrogen-bond acceptors (Lipinski definition) is 3. The number of pyridine rings is 1. The second kappa shape index (κ2) is 8.32. The Bertz CT molecular complexity index is 650. The smallest absolute Gasteiger partial charge is 0.274 e. The lowest BCUT2D eigenvalue weighted by Crippen LogP contribution is -2.14. The summed E-state index contributed by atoms with van der Waals surface area (Å²) in [5.41, 5.74) is 4.44. The van der Waals surface area contributed by atoms with Crippen LogP contribution >= 0.6 is 0 Å². The van der Waals surface area contributed by atoms with Crippen LogP contribution in [0.1, 0.15) is 47.8 Å². The van der Waals surface area contributed by atoms with Gasteiger partial charge in [0.15, 0.2) is 0 Å². The molecule has 0 aliphatic carbocycles. The van der Waals surface area contributed by atoms with Gasteiger partial charge in [-0.05, 0) is 49.6 Å². The highest BCUT2D eigenvalue weighted by molar-refractivity contribution is 6.03. The average Bonchev–Trinajstić information content (AvgIpc) is 2.56. The summed E-state index contributed by atoms with van der Waals surface area (Å²) in [6, 6.07) is 9.53. The molecule has 4 heteroatoms. The van der Waals surface area contributed by atoms with E-state index in [0.29, 0.717) is 5.69 Å². The molecule has 2 rings (SSSR count). The van der Waals surface area contributed by atoms with Crippen molar-refractivity contribution in [1.29, 1.82) is 0 Å². The van der Waals surface area contributed by atoms with Crippen LogP contribution in [0.4, 0.5) is 11.4 Å². The molecule has 0 spiro atoms. The van der Waals surface area contributed by atoms with Crippen LogP contribution in [0, 0.1) is 13.8 Å². The maximum absolute atomic E-state index is 12.3. The zero-order valence-corrected chi connectivity index (χ0v) is 14.1. The van der Waals surface area contributed by atoms with Crippen LogP contribution in [0.15, 0.2) is 36.5 Å². The number of amides is 1. The molecule has 0 aliphatic rings. The highest BCUT2D eigenvalue weighted by Gasteiger charge is 2.09. The number of nitrogens with one attached hydrogen (secondary N) is 2. The minimum atomic E-state index is -0.184. The molecule has 0 fully saturated rings. The average molecular weight is 311 g/mol. The van der Waals surface area contributed by atoms with Gasteiger partial charge in [-0.3, -0.25) is 4.79 Å². The van der Waals surface area contributed by atoms with E-state index in [1.807, 2.05) is 38.1 Å². The number of anilines is 2. The normalized spacial score (nSPS) is 10.4. The van der Waals surface area contributed by atoms with Gasteiger partial charge in [-0.2, -0.15) is 0 Å². The van der Waals surface area contributed by atoms with Crippen molar-refractivity contribution in [1.82, 2.24) is 4.98 Å². The number of aryl methyl sites for hydroxylation is 1. The highest BCUT2D eigenvalue weighted by atomic mass is 16.1. The molecule has 2 N–H and O–H groups in total. The second-order valence-corrected chi connectivity index (χ2v) is 5.77. The third kappa shape index (κ3) is 4.81. The molecule has 0 atom stereocenters. The van der Waals surface area contributed by atoms with Crippen LogP contribution in [-0.2, 0) is 0 Å². The van der Waals surface area contributed by atoms with Crippen LogP contribution < -0.4 is 10.6 Å². The fraction of sp³-hybridized carbons (Fsp3) is 0.368. The monoisotopic (exact) mass is 311 g/mol. The Hall–Kier alpha value is -2.36. The van der Waals surface area contributed by atoms with Crippen molar-refractivity contribution in [2.45, 2.75) is 40.0 Å². The van der Waals surface area contributed by atoms with Gasteiger partial charge in [0, 0.05) is 12.2 Å². The van der Waals surface area contributed by atoms with Gasteiger partial charge >= 0.3 is 0 Å². The molecule has 1 aromatic carbocycles. The van der Waals surface area contributed by atoms with Gasteiger partial charge in [0.25, 0.3) is 5.91 Å². The number of carbonyl (C=O) groups is 1. The first-order valence-electron chi connectivity index (χ1n) is 8.19. The van der Waals surface area contributed by atoms with Gasteiger partial charge < -0.3 is 10.6 Å². The van der Waals surface area contributed by atoms with Crippen LogP contribution in [-0.4, -0.2) is 17.4 Å². The van der Waals surface area contributed by atoms with Crippen molar-refractivity contribution in [2.24, 2.45) is 0 Å². The lowest BCUT2D eigenvalue weighted by atomic mass is 10.1. The summed E-state index contributed by atoms with van der Waals surface area (Å²) in [5, 5.41) is 6.24. The van der Waals surface area contributed by atoms with E-state index in [4.69, 9.17) is 0 Å². The van der Waals surface area contributed by atoms with Gasteiger partial charge in [-0.1, -0.05) is 31.9 Å². The molecule has 1 aromatic heterocycles. The lowest BCUT2D eigenvalue weighted by Gasteiger charge is -2.10. The maximum Gasteiger partial charge on any atom is 0.274 e. The Morgan fingerprint density at radius 3 is 2.65 bits per heavy atom. The fourth-order valence-corrected chi connectivity index (χ4v) is 2.31. The van der Waals surface area contributed by atoms with Gasteiger partial charge in [0.1, 0.15) is 5.69 Å². The third-order valence-corrected chi connectivity index (χ3v) is 3.96. The molecule has 1 heterocycles. The van der Waals surface area contributed by atoms with E-state index >= 15 is 0 Å². The van der Waals surface area contributed by atoms with Gasteiger partial charge in [-0.25, -0.2) is 4.98 Å². The molecule has 122 valence electrons.